The van der Waals surface area contributed by atoms with E-state index in [1.54, 1.807) is 0 Å². The molecule has 2 N–H and O–H groups in total. The quantitative estimate of drug-likeness (QED) is 0.832. The second kappa shape index (κ2) is 6.46. The van der Waals surface area contributed by atoms with Crippen LogP contribution in [0.5, 0.6) is 0 Å². The third-order valence-corrected chi connectivity index (χ3v) is 2.46. The third kappa shape index (κ3) is 4.20. The smallest absolute Gasteiger partial charge is 0.243 e. The van der Waals surface area contributed by atoms with Gasteiger partial charge in [0, 0.05) is 13.5 Å². The molecule has 0 saturated heterocycles. The summed E-state index contributed by atoms with van der Waals surface area (Å²) >= 11 is 0. The van der Waals surface area contributed by atoms with Gasteiger partial charge in [0.2, 0.25) is 11.8 Å². The lowest BCUT2D eigenvalue weighted by Crippen LogP contribution is -2.28. The summed E-state index contributed by atoms with van der Waals surface area (Å²) in [6.07, 6.45) is 1.39. The van der Waals surface area contributed by atoms with Gasteiger partial charge in [-0.25, -0.2) is 0 Å². The molecule has 1 heterocycles. The van der Waals surface area contributed by atoms with Crippen molar-refractivity contribution in [2.24, 2.45) is 0 Å². The molecule has 1 aromatic carbocycles. The molecule has 0 aliphatic rings. The van der Waals surface area contributed by atoms with E-state index in [0.717, 1.165) is 5.56 Å². The summed E-state index contributed by atoms with van der Waals surface area (Å²) in [6.45, 7) is 1.84. The monoisotopic (exact) mass is 273 g/mol. The summed E-state index contributed by atoms with van der Waals surface area (Å²) in [5.74, 6) is -0.0993. The molecule has 0 bridgehead atoms. The minimum Gasteiger partial charge on any atom is -0.350 e. The second-order valence-corrected chi connectivity index (χ2v) is 4.20. The van der Waals surface area contributed by atoms with Gasteiger partial charge in [0.15, 0.2) is 5.82 Å². The highest BCUT2D eigenvalue weighted by atomic mass is 16.2. The van der Waals surface area contributed by atoms with E-state index in [4.69, 9.17) is 0 Å². The van der Waals surface area contributed by atoms with Crippen molar-refractivity contribution in [3.63, 3.8) is 0 Å². The predicted molar refractivity (Wildman–Crippen MR) is 72.6 cm³/mol. The van der Waals surface area contributed by atoms with Crippen molar-refractivity contribution in [2.75, 3.05) is 5.32 Å². The molecule has 0 saturated carbocycles. The first-order valence-electron chi connectivity index (χ1n) is 6.12. The maximum Gasteiger partial charge on any atom is 0.243 e. The van der Waals surface area contributed by atoms with E-state index in [0.29, 0.717) is 12.4 Å². The highest BCUT2D eigenvalue weighted by Gasteiger charge is 2.06. The number of hydrogen-bond donors (Lipinski definition) is 2. The van der Waals surface area contributed by atoms with Crippen LogP contribution in [0.25, 0.3) is 0 Å². The molecule has 0 spiro atoms. The number of benzene rings is 1. The number of nitrogens with one attached hydrogen (secondary N) is 2. The van der Waals surface area contributed by atoms with E-state index < -0.39 is 0 Å². The lowest BCUT2D eigenvalue weighted by atomic mass is 10.2. The summed E-state index contributed by atoms with van der Waals surface area (Å²) in [5.41, 5.74) is 1.02. The molecule has 2 aromatic rings. The van der Waals surface area contributed by atoms with Crippen LogP contribution in [0, 0.1) is 0 Å². The zero-order valence-electron chi connectivity index (χ0n) is 11.0. The van der Waals surface area contributed by atoms with Crippen molar-refractivity contribution in [3.8, 4) is 0 Å². The Morgan fingerprint density at radius 3 is 2.70 bits per heavy atom. The van der Waals surface area contributed by atoms with Crippen molar-refractivity contribution >= 4 is 17.6 Å². The first-order chi connectivity index (χ1) is 9.63. The number of aromatic nitrogens is 3. The molecule has 1 aromatic heterocycles. The molecule has 0 unspecified atom stereocenters. The molecule has 7 nitrogen and oxygen atoms in total. The lowest BCUT2D eigenvalue weighted by Gasteiger charge is -2.04. The highest BCUT2D eigenvalue weighted by molar-refractivity contribution is 5.87. The van der Waals surface area contributed by atoms with E-state index in [1.165, 1.54) is 17.9 Å². The van der Waals surface area contributed by atoms with E-state index in [-0.39, 0.29) is 18.4 Å². The Kier molecular flexibility index (Phi) is 4.43. The molecule has 2 amide bonds. The van der Waals surface area contributed by atoms with Gasteiger partial charge in [-0.2, -0.15) is 9.90 Å². The fourth-order valence-corrected chi connectivity index (χ4v) is 1.59. The van der Waals surface area contributed by atoms with Crippen LogP contribution in [0.2, 0.25) is 0 Å². The van der Waals surface area contributed by atoms with E-state index in [2.05, 4.69) is 20.8 Å². The molecule has 0 fully saturated rings. The topological polar surface area (TPSA) is 88.9 Å². The average Bonchev–Trinajstić information content (AvgIpc) is 2.84. The molecule has 0 atom stereocenters. The van der Waals surface area contributed by atoms with Gasteiger partial charge in [0.25, 0.3) is 0 Å². The van der Waals surface area contributed by atoms with Gasteiger partial charge in [-0.15, -0.1) is 5.10 Å². The zero-order valence-corrected chi connectivity index (χ0v) is 11.0. The molecular weight excluding hydrogens is 258 g/mol. The first-order valence-corrected chi connectivity index (χ1v) is 6.12. The van der Waals surface area contributed by atoms with Crippen molar-refractivity contribution in [1.82, 2.24) is 20.3 Å². The Morgan fingerprint density at radius 1 is 1.25 bits per heavy atom. The van der Waals surface area contributed by atoms with Crippen molar-refractivity contribution in [3.05, 3.63) is 42.1 Å². The van der Waals surface area contributed by atoms with Crippen molar-refractivity contribution in [1.29, 1.82) is 0 Å². The molecule has 0 aliphatic heterocycles. The van der Waals surface area contributed by atoms with Gasteiger partial charge in [-0.3, -0.25) is 9.59 Å². The number of anilines is 1. The largest absolute Gasteiger partial charge is 0.350 e. The highest BCUT2D eigenvalue weighted by Crippen LogP contribution is 1.99. The fraction of sp³-hybridized carbons (Fsp3) is 0.231. The Bertz CT molecular complexity index is 594. The van der Waals surface area contributed by atoms with Crippen LogP contribution in [0.4, 0.5) is 5.82 Å². The maximum atomic E-state index is 11.7. The summed E-state index contributed by atoms with van der Waals surface area (Å²) in [5, 5.41) is 13.1. The van der Waals surface area contributed by atoms with Gasteiger partial charge in [0.05, 0.1) is 6.20 Å². The van der Waals surface area contributed by atoms with Crippen LogP contribution in [0.1, 0.15) is 12.5 Å². The van der Waals surface area contributed by atoms with Crippen LogP contribution >= 0.6 is 0 Å². The Balaban J connectivity index is 1.82. The zero-order chi connectivity index (χ0) is 14.4. The number of carbonyl (C=O) groups is 2. The number of nitrogens with zero attached hydrogens (tertiary/aromatic N) is 3. The maximum absolute atomic E-state index is 11.7. The van der Waals surface area contributed by atoms with Crippen LogP contribution in [-0.2, 0) is 22.7 Å². The number of carbonyl (C=O) groups excluding carboxylic acids is 2. The summed E-state index contributed by atoms with van der Waals surface area (Å²) in [6, 6.07) is 9.61. The number of amides is 2. The van der Waals surface area contributed by atoms with Crippen LogP contribution < -0.4 is 10.6 Å². The molecule has 7 heteroatoms. The predicted octanol–water partition coefficient (Wildman–Crippen LogP) is 0.553. The SMILES string of the molecule is CC(=O)Nc1cnn(CC(=O)NCc2ccccc2)n1. The van der Waals surface area contributed by atoms with E-state index in [9.17, 15) is 9.59 Å². The van der Waals surface area contributed by atoms with Crippen LogP contribution in [0.15, 0.2) is 36.5 Å². The number of rotatable bonds is 5. The average molecular weight is 273 g/mol. The fourth-order valence-electron chi connectivity index (χ4n) is 1.59. The van der Waals surface area contributed by atoms with Gasteiger partial charge in [0.1, 0.15) is 6.54 Å². The molecule has 2 rings (SSSR count). The van der Waals surface area contributed by atoms with Crippen molar-refractivity contribution < 1.29 is 9.59 Å². The summed E-state index contributed by atoms with van der Waals surface area (Å²) < 4.78 is 0. The first kappa shape index (κ1) is 13.7. The van der Waals surface area contributed by atoms with E-state index >= 15 is 0 Å². The Morgan fingerprint density at radius 2 is 2.00 bits per heavy atom. The summed E-state index contributed by atoms with van der Waals surface area (Å²) in [4.78, 5) is 23.8. The van der Waals surface area contributed by atoms with Gasteiger partial charge in [-0.1, -0.05) is 30.3 Å². The van der Waals surface area contributed by atoms with Crippen LogP contribution in [0.3, 0.4) is 0 Å². The molecule has 0 radical (unpaired) electrons. The Labute approximate surface area is 116 Å². The van der Waals surface area contributed by atoms with Crippen molar-refractivity contribution in [2.45, 2.75) is 20.0 Å². The minimum atomic E-state index is -0.231. The molecule has 20 heavy (non-hydrogen) atoms. The molecule has 104 valence electrons. The van der Waals surface area contributed by atoms with Gasteiger partial charge < -0.3 is 10.6 Å². The normalized spacial score (nSPS) is 10.1. The number of hydrogen-bond acceptors (Lipinski definition) is 4. The second-order valence-electron chi connectivity index (χ2n) is 4.20. The van der Waals surface area contributed by atoms with E-state index in [1.807, 2.05) is 30.3 Å². The van der Waals surface area contributed by atoms with Gasteiger partial charge >= 0.3 is 0 Å². The van der Waals surface area contributed by atoms with Gasteiger partial charge in [-0.05, 0) is 5.56 Å². The standard InChI is InChI=1S/C13H15N5O2/c1-10(19)16-12-8-15-18(17-12)9-13(20)14-7-11-5-3-2-4-6-11/h2-6,8H,7,9H2,1H3,(H,14,20)(H,16,17,19). The molecular formula is C13H15N5O2. The lowest BCUT2D eigenvalue weighted by molar-refractivity contribution is -0.122. The minimum absolute atomic E-state index is 0.00637. The summed E-state index contributed by atoms with van der Waals surface area (Å²) in [7, 11) is 0. The molecule has 0 aliphatic carbocycles. The Hall–Kier alpha value is -2.70. The van der Waals surface area contributed by atoms with Crippen LogP contribution in [-0.4, -0.2) is 26.8 Å². The third-order valence-electron chi connectivity index (χ3n) is 2.46.